The third-order valence-electron chi connectivity index (χ3n) is 4.92. The van der Waals surface area contributed by atoms with Crippen LogP contribution in [0, 0.1) is 0 Å². The number of thioether (sulfide) groups is 1. The number of rotatable bonds is 5. The van der Waals surface area contributed by atoms with Gasteiger partial charge in [0.05, 0.1) is 10.8 Å². The van der Waals surface area contributed by atoms with Crippen molar-refractivity contribution in [3.8, 4) is 0 Å². The van der Waals surface area contributed by atoms with Crippen LogP contribution in [0.25, 0.3) is 10.2 Å². The van der Waals surface area contributed by atoms with Crippen LogP contribution in [0.4, 0.5) is 0 Å². The SMILES string of the molecule is CCN(C(=O)C(C)Sc1nc2ccsc2c(=O)n1C)C1CCCCC1. The van der Waals surface area contributed by atoms with Crippen LogP contribution in [0.5, 0.6) is 0 Å². The predicted octanol–water partition coefficient (Wildman–Crippen LogP) is 3.66. The average molecular weight is 380 g/mol. The van der Waals surface area contributed by atoms with E-state index in [1.165, 1.54) is 42.4 Å². The van der Waals surface area contributed by atoms with Crippen LogP contribution in [-0.4, -0.2) is 38.2 Å². The minimum Gasteiger partial charge on any atom is -0.339 e. The normalized spacial score (nSPS) is 16.9. The predicted molar refractivity (Wildman–Crippen MR) is 104 cm³/mol. The molecule has 1 saturated carbocycles. The van der Waals surface area contributed by atoms with Gasteiger partial charge in [0.15, 0.2) is 5.16 Å². The molecular weight excluding hydrogens is 354 g/mol. The van der Waals surface area contributed by atoms with Crippen LogP contribution in [0.15, 0.2) is 21.4 Å². The topological polar surface area (TPSA) is 55.2 Å². The van der Waals surface area contributed by atoms with Gasteiger partial charge in [0, 0.05) is 19.6 Å². The van der Waals surface area contributed by atoms with Gasteiger partial charge < -0.3 is 4.90 Å². The Kier molecular flexibility index (Phi) is 5.84. The molecule has 0 saturated heterocycles. The van der Waals surface area contributed by atoms with E-state index >= 15 is 0 Å². The molecule has 0 N–H and O–H groups in total. The van der Waals surface area contributed by atoms with E-state index in [0.29, 0.717) is 15.9 Å². The second-order valence-corrected chi connectivity index (χ2v) is 8.79. The lowest BCUT2D eigenvalue weighted by atomic mass is 9.94. The number of aromatic nitrogens is 2. The summed E-state index contributed by atoms with van der Waals surface area (Å²) >= 11 is 2.79. The molecule has 0 radical (unpaired) electrons. The van der Waals surface area contributed by atoms with Gasteiger partial charge in [-0.1, -0.05) is 31.0 Å². The highest BCUT2D eigenvalue weighted by molar-refractivity contribution is 8.00. The van der Waals surface area contributed by atoms with Crippen molar-refractivity contribution in [2.24, 2.45) is 7.05 Å². The van der Waals surface area contributed by atoms with E-state index < -0.39 is 0 Å². The van der Waals surface area contributed by atoms with Crippen molar-refractivity contribution in [2.45, 2.75) is 62.4 Å². The summed E-state index contributed by atoms with van der Waals surface area (Å²) in [7, 11) is 1.73. The van der Waals surface area contributed by atoms with E-state index in [1.807, 2.05) is 23.3 Å². The molecule has 2 heterocycles. The second-order valence-electron chi connectivity index (χ2n) is 6.57. The molecule has 1 fully saturated rings. The molecule has 0 bridgehead atoms. The third kappa shape index (κ3) is 3.77. The van der Waals surface area contributed by atoms with E-state index in [2.05, 4.69) is 11.9 Å². The van der Waals surface area contributed by atoms with Gasteiger partial charge in [-0.25, -0.2) is 4.98 Å². The van der Waals surface area contributed by atoms with E-state index in [1.54, 1.807) is 11.6 Å². The first kappa shape index (κ1) is 18.5. The van der Waals surface area contributed by atoms with Crippen molar-refractivity contribution in [2.75, 3.05) is 6.54 Å². The van der Waals surface area contributed by atoms with Gasteiger partial charge in [0.1, 0.15) is 4.70 Å². The zero-order valence-corrected chi connectivity index (χ0v) is 16.7. The fraction of sp³-hybridized carbons (Fsp3) is 0.611. The molecule has 0 spiro atoms. The number of carbonyl (C=O) groups excluding carboxylic acids is 1. The van der Waals surface area contributed by atoms with Crippen LogP contribution in [0.2, 0.25) is 0 Å². The van der Waals surface area contributed by atoms with Crippen molar-refractivity contribution in [1.29, 1.82) is 0 Å². The largest absolute Gasteiger partial charge is 0.339 e. The Bertz CT molecular complexity index is 808. The number of hydrogen-bond acceptors (Lipinski definition) is 5. The number of nitrogens with zero attached hydrogens (tertiary/aromatic N) is 3. The summed E-state index contributed by atoms with van der Waals surface area (Å²) in [5, 5.41) is 2.23. The molecule has 3 rings (SSSR count). The summed E-state index contributed by atoms with van der Waals surface area (Å²) in [6.07, 6.45) is 5.91. The average Bonchev–Trinajstić information content (AvgIpc) is 3.09. The van der Waals surface area contributed by atoms with Gasteiger partial charge in [-0.15, -0.1) is 11.3 Å². The van der Waals surface area contributed by atoms with Gasteiger partial charge in [0.25, 0.3) is 5.56 Å². The van der Waals surface area contributed by atoms with E-state index in [0.717, 1.165) is 24.9 Å². The van der Waals surface area contributed by atoms with E-state index in [4.69, 9.17) is 0 Å². The quantitative estimate of drug-likeness (QED) is 0.588. The molecule has 1 amide bonds. The highest BCUT2D eigenvalue weighted by atomic mass is 32.2. The Morgan fingerprint density at radius 1 is 1.44 bits per heavy atom. The molecule has 7 heteroatoms. The van der Waals surface area contributed by atoms with Gasteiger partial charge in [-0.05, 0) is 38.1 Å². The molecule has 1 aliphatic rings. The van der Waals surface area contributed by atoms with Crippen LogP contribution < -0.4 is 5.56 Å². The molecule has 2 aromatic heterocycles. The summed E-state index contributed by atoms with van der Waals surface area (Å²) in [6.45, 7) is 4.71. The molecule has 5 nitrogen and oxygen atoms in total. The summed E-state index contributed by atoms with van der Waals surface area (Å²) in [5.41, 5.74) is 0.677. The summed E-state index contributed by atoms with van der Waals surface area (Å²) in [6, 6.07) is 2.23. The minimum absolute atomic E-state index is 0.0400. The van der Waals surface area contributed by atoms with Crippen LogP contribution in [-0.2, 0) is 11.8 Å². The smallest absolute Gasteiger partial charge is 0.271 e. The van der Waals surface area contributed by atoms with Gasteiger partial charge in [-0.2, -0.15) is 0 Å². The fourth-order valence-electron chi connectivity index (χ4n) is 3.50. The lowest BCUT2D eigenvalue weighted by molar-refractivity contribution is -0.133. The van der Waals surface area contributed by atoms with E-state index in [9.17, 15) is 9.59 Å². The molecule has 0 aromatic carbocycles. The van der Waals surface area contributed by atoms with Crippen LogP contribution >= 0.6 is 23.1 Å². The molecule has 1 atom stereocenters. The molecule has 1 aliphatic carbocycles. The maximum Gasteiger partial charge on any atom is 0.271 e. The summed E-state index contributed by atoms with van der Waals surface area (Å²) in [5.74, 6) is 0.152. The molecule has 0 aliphatic heterocycles. The Labute approximate surface area is 156 Å². The molecular formula is C18H25N3O2S2. The lowest BCUT2D eigenvalue weighted by Gasteiger charge is -2.35. The Morgan fingerprint density at radius 2 is 2.16 bits per heavy atom. The van der Waals surface area contributed by atoms with Gasteiger partial charge in [0.2, 0.25) is 5.91 Å². The van der Waals surface area contributed by atoms with Crippen LogP contribution in [0.1, 0.15) is 46.0 Å². The second kappa shape index (κ2) is 7.91. The minimum atomic E-state index is -0.254. The standard InChI is InChI=1S/C18H25N3O2S2/c1-4-21(13-8-6-5-7-9-13)16(22)12(2)25-18-19-14-10-11-24-15(14)17(23)20(18)3/h10-13H,4-9H2,1-3H3. The number of carbonyl (C=O) groups is 1. The Morgan fingerprint density at radius 3 is 2.84 bits per heavy atom. The summed E-state index contributed by atoms with van der Waals surface area (Å²) in [4.78, 5) is 32.0. The first-order valence-electron chi connectivity index (χ1n) is 8.94. The van der Waals surface area contributed by atoms with Crippen molar-refractivity contribution < 1.29 is 4.79 Å². The van der Waals surface area contributed by atoms with Crippen LogP contribution in [0.3, 0.4) is 0 Å². The number of thiophene rings is 1. The molecule has 136 valence electrons. The first-order chi connectivity index (χ1) is 12.0. The van der Waals surface area contributed by atoms with Crippen molar-refractivity contribution >= 4 is 39.2 Å². The lowest BCUT2D eigenvalue weighted by Crippen LogP contribution is -2.44. The molecule has 25 heavy (non-hydrogen) atoms. The number of amides is 1. The highest BCUT2D eigenvalue weighted by Gasteiger charge is 2.28. The zero-order chi connectivity index (χ0) is 18.0. The third-order valence-corrected chi connectivity index (χ3v) is 6.94. The van der Waals surface area contributed by atoms with Gasteiger partial charge in [-0.3, -0.25) is 14.2 Å². The Balaban J connectivity index is 1.78. The van der Waals surface area contributed by atoms with Crippen molar-refractivity contribution in [1.82, 2.24) is 14.5 Å². The maximum absolute atomic E-state index is 13.0. The fourth-order valence-corrected chi connectivity index (χ4v) is 5.25. The summed E-state index contributed by atoms with van der Waals surface area (Å²) < 4.78 is 2.23. The molecule has 2 aromatic rings. The highest BCUT2D eigenvalue weighted by Crippen LogP contribution is 2.28. The van der Waals surface area contributed by atoms with Crippen molar-refractivity contribution in [3.05, 3.63) is 21.8 Å². The number of fused-ring (bicyclic) bond motifs is 1. The monoisotopic (exact) mass is 379 g/mol. The number of hydrogen-bond donors (Lipinski definition) is 0. The van der Waals surface area contributed by atoms with Gasteiger partial charge >= 0.3 is 0 Å². The van der Waals surface area contributed by atoms with E-state index in [-0.39, 0.29) is 16.7 Å². The van der Waals surface area contributed by atoms with Crippen molar-refractivity contribution in [3.63, 3.8) is 0 Å². The maximum atomic E-state index is 13.0. The molecule has 1 unspecified atom stereocenters. The Hall–Kier alpha value is -1.34. The zero-order valence-electron chi connectivity index (χ0n) is 15.0. The first-order valence-corrected chi connectivity index (χ1v) is 10.7.